The lowest BCUT2D eigenvalue weighted by Gasteiger charge is -2.07. The van der Waals surface area contributed by atoms with Crippen molar-refractivity contribution < 1.29 is 9.21 Å². The molecular formula is C17H11Cl2NO3. The molecule has 3 aromatic rings. The SMILES string of the molecule is Cc1ccc2oc(=O)c(C(=O)Nc3cc(Cl)ccc3Cl)cc2c1. The van der Waals surface area contributed by atoms with Crippen LogP contribution in [-0.2, 0) is 0 Å². The molecule has 0 saturated carbocycles. The topological polar surface area (TPSA) is 59.3 Å². The standard InChI is InChI=1S/C17H11Cl2NO3/c1-9-2-5-15-10(6-9)7-12(17(22)23-15)16(21)20-14-8-11(18)3-4-13(14)19/h2-8H,1H3,(H,20,21). The van der Waals surface area contributed by atoms with Crippen LogP contribution in [0, 0.1) is 6.92 Å². The van der Waals surface area contributed by atoms with E-state index in [1.54, 1.807) is 18.2 Å². The summed E-state index contributed by atoms with van der Waals surface area (Å²) in [7, 11) is 0. The molecule has 4 nitrogen and oxygen atoms in total. The summed E-state index contributed by atoms with van der Waals surface area (Å²) >= 11 is 11.9. The van der Waals surface area contributed by atoms with Crippen molar-refractivity contribution in [2.75, 3.05) is 5.32 Å². The second-order valence-corrected chi connectivity index (χ2v) is 5.91. The minimum Gasteiger partial charge on any atom is -0.422 e. The molecule has 0 aliphatic carbocycles. The molecule has 0 atom stereocenters. The molecular weight excluding hydrogens is 337 g/mol. The number of benzene rings is 2. The molecule has 6 heteroatoms. The van der Waals surface area contributed by atoms with Crippen LogP contribution >= 0.6 is 23.2 Å². The molecule has 23 heavy (non-hydrogen) atoms. The van der Waals surface area contributed by atoms with E-state index in [1.807, 2.05) is 19.1 Å². The van der Waals surface area contributed by atoms with Gasteiger partial charge < -0.3 is 9.73 Å². The molecule has 0 saturated heterocycles. The van der Waals surface area contributed by atoms with Crippen LogP contribution < -0.4 is 10.9 Å². The summed E-state index contributed by atoms with van der Waals surface area (Å²) in [6, 6.07) is 11.5. The predicted molar refractivity (Wildman–Crippen MR) is 91.6 cm³/mol. The van der Waals surface area contributed by atoms with Gasteiger partial charge in [-0.05, 0) is 43.3 Å². The van der Waals surface area contributed by atoms with E-state index in [4.69, 9.17) is 27.6 Å². The van der Waals surface area contributed by atoms with Crippen LogP contribution in [-0.4, -0.2) is 5.91 Å². The lowest BCUT2D eigenvalue weighted by molar-refractivity contribution is 0.102. The van der Waals surface area contributed by atoms with E-state index >= 15 is 0 Å². The van der Waals surface area contributed by atoms with Gasteiger partial charge in [0.15, 0.2) is 0 Å². The van der Waals surface area contributed by atoms with Gasteiger partial charge >= 0.3 is 5.63 Å². The van der Waals surface area contributed by atoms with E-state index < -0.39 is 11.5 Å². The average Bonchev–Trinajstić information content (AvgIpc) is 2.50. The van der Waals surface area contributed by atoms with Crippen LogP contribution in [0.25, 0.3) is 11.0 Å². The molecule has 0 unspecified atom stereocenters. The van der Waals surface area contributed by atoms with Crippen molar-refractivity contribution in [1.29, 1.82) is 0 Å². The van der Waals surface area contributed by atoms with Crippen LogP contribution in [0.5, 0.6) is 0 Å². The number of halogens is 2. The third-order valence-electron chi connectivity index (χ3n) is 3.31. The van der Waals surface area contributed by atoms with Crippen molar-refractivity contribution in [3.63, 3.8) is 0 Å². The Morgan fingerprint density at radius 1 is 1.09 bits per heavy atom. The number of aryl methyl sites for hydroxylation is 1. The van der Waals surface area contributed by atoms with Crippen molar-refractivity contribution in [1.82, 2.24) is 0 Å². The first-order valence-corrected chi connectivity index (χ1v) is 7.50. The number of carbonyl (C=O) groups excluding carboxylic acids is 1. The first-order chi connectivity index (χ1) is 10.9. The van der Waals surface area contributed by atoms with Gasteiger partial charge in [0, 0.05) is 10.4 Å². The molecule has 1 heterocycles. The Morgan fingerprint density at radius 2 is 1.87 bits per heavy atom. The van der Waals surface area contributed by atoms with Crippen LogP contribution in [0.15, 0.2) is 51.7 Å². The maximum Gasteiger partial charge on any atom is 0.349 e. The molecule has 1 amide bonds. The van der Waals surface area contributed by atoms with Crippen LogP contribution in [0.4, 0.5) is 5.69 Å². The predicted octanol–water partition coefficient (Wildman–Crippen LogP) is 4.66. The van der Waals surface area contributed by atoms with E-state index in [0.29, 0.717) is 26.7 Å². The van der Waals surface area contributed by atoms with E-state index in [1.165, 1.54) is 12.1 Å². The van der Waals surface area contributed by atoms with Crippen molar-refractivity contribution in [3.8, 4) is 0 Å². The molecule has 2 aromatic carbocycles. The van der Waals surface area contributed by atoms with E-state index in [-0.39, 0.29) is 5.56 Å². The van der Waals surface area contributed by atoms with E-state index in [2.05, 4.69) is 5.32 Å². The highest BCUT2D eigenvalue weighted by Crippen LogP contribution is 2.26. The number of rotatable bonds is 2. The second-order valence-electron chi connectivity index (χ2n) is 5.07. The van der Waals surface area contributed by atoms with Gasteiger partial charge in [-0.2, -0.15) is 0 Å². The summed E-state index contributed by atoms with van der Waals surface area (Å²) in [5.74, 6) is -0.605. The lowest BCUT2D eigenvalue weighted by atomic mass is 10.1. The van der Waals surface area contributed by atoms with Gasteiger partial charge in [0.25, 0.3) is 5.91 Å². The average molecular weight is 348 g/mol. The van der Waals surface area contributed by atoms with Gasteiger partial charge in [-0.25, -0.2) is 4.79 Å². The van der Waals surface area contributed by atoms with Crippen LogP contribution in [0.1, 0.15) is 15.9 Å². The second kappa shape index (κ2) is 6.07. The van der Waals surface area contributed by atoms with Gasteiger partial charge in [-0.15, -0.1) is 0 Å². The fraction of sp³-hybridized carbons (Fsp3) is 0.0588. The molecule has 116 valence electrons. The molecule has 0 aliphatic heterocycles. The van der Waals surface area contributed by atoms with E-state index in [0.717, 1.165) is 5.56 Å². The van der Waals surface area contributed by atoms with Crippen molar-refractivity contribution in [2.24, 2.45) is 0 Å². The molecule has 1 aromatic heterocycles. The minimum atomic E-state index is -0.711. The van der Waals surface area contributed by atoms with Crippen molar-refractivity contribution in [2.45, 2.75) is 6.92 Å². The number of hydrogen-bond acceptors (Lipinski definition) is 3. The molecule has 0 spiro atoms. The molecule has 0 aliphatic rings. The summed E-state index contributed by atoms with van der Waals surface area (Å²) in [6.45, 7) is 1.91. The first-order valence-electron chi connectivity index (χ1n) is 6.75. The van der Waals surface area contributed by atoms with Gasteiger partial charge in [-0.3, -0.25) is 4.79 Å². The Balaban J connectivity index is 2.02. The van der Waals surface area contributed by atoms with Gasteiger partial charge in [0.2, 0.25) is 0 Å². The Kier molecular flexibility index (Phi) is 4.11. The number of carbonyl (C=O) groups is 1. The summed E-state index contributed by atoms with van der Waals surface area (Å²) in [6.07, 6.45) is 0. The van der Waals surface area contributed by atoms with E-state index in [9.17, 15) is 9.59 Å². The molecule has 0 bridgehead atoms. The normalized spacial score (nSPS) is 10.7. The van der Waals surface area contributed by atoms with Gasteiger partial charge in [0.1, 0.15) is 11.1 Å². The number of nitrogens with one attached hydrogen (secondary N) is 1. The van der Waals surface area contributed by atoms with Gasteiger partial charge in [0.05, 0.1) is 10.7 Å². The maximum atomic E-state index is 12.4. The fourth-order valence-corrected chi connectivity index (χ4v) is 2.52. The highest BCUT2D eigenvalue weighted by molar-refractivity contribution is 6.35. The zero-order chi connectivity index (χ0) is 16.6. The number of fused-ring (bicyclic) bond motifs is 1. The highest BCUT2D eigenvalue weighted by atomic mass is 35.5. The lowest BCUT2D eigenvalue weighted by Crippen LogP contribution is -2.20. The van der Waals surface area contributed by atoms with Gasteiger partial charge in [-0.1, -0.05) is 34.8 Å². The smallest absolute Gasteiger partial charge is 0.349 e. The first kappa shape index (κ1) is 15.6. The highest BCUT2D eigenvalue weighted by Gasteiger charge is 2.15. The largest absolute Gasteiger partial charge is 0.422 e. The Labute approximate surface area is 141 Å². The molecule has 3 rings (SSSR count). The zero-order valence-corrected chi connectivity index (χ0v) is 13.5. The summed E-state index contributed by atoms with van der Waals surface area (Å²) in [5, 5.41) is 3.99. The monoisotopic (exact) mass is 347 g/mol. The molecule has 0 fully saturated rings. The van der Waals surface area contributed by atoms with Crippen molar-refractivity contribution in [3.05, 3.63) is 74.1 Å². The van der Waals surface area contributed by atoms with Crippen LogP contribution in [0.3, 0.4) is 0 Å². The zero-order valence-electron chi connectivity index (χ0n) is 12.0. The van der Waals surface area contributed by atoms with Crippen LogP contribution in [0.2, 0.25) is 10.0 Å². The van der Waals surface area contributed by atoms with Crippen molar-refractivity contribution >= 4 is 45.8 Å². The third-order valence-corrected chi connectivity index (χ3v) is 3.87. The number of anilines is 1. The Morgan fingerprint density at radius 3 is 2.65 bits per heavy atom. The third kappa shape index (κ3) is 3.23. The Bertz CT molecular complexity index is 979. The minimum absolute atomic E-state index is 0.0980. The molecule has 1 N–H and O–H groups in total. The summed E-state index contributed by atoms with van der Waals surface area (Å²) in [5.41, 5.74) is 0.942. The maximum absolute atomic E-state index is 12.4. The Hall–Kier alpha value is -2.30. The molecule has 0 radical (unpaired) electrons. The quantitative estimate of drug-likeness (QED) is 0.685. The summed E-state index contributed by atoms with van der Waals surface area (Å²) in [4.78, 5) is 24.4. The summed E-state index contributed by atoms with van der Waals surface area (Å²) < 4.78 is 5.19. The fourth-order valence-electron chi connectivity index (χ4n) is 2.18. The number of hydrogen-bond donors (Lipinski definition) is 1. The number of amides is 1.